The molecule has 2 aliphatic heterocycles. The molecular weight excluding hydrogens is 306 g/mol. The van der Waals surface area contributed by atoms with Crippen molar-refractivity contribution in [1.82, 2.24) is 4.90 Å². The van der Waals surface area contributed by atoms with E-state index in [-0.39, 0.29) is 18.0 Å². The normalized spacial score (nSPS) is 21.7. The van der Waals surface area contributed by atoms with Crippen molar-refractivity contribution in [3.05, 3.63) is 24.3 Å². The number of nitrogens with one attached hydrogen (secondary N) is 1. The van der Waals surface area contributed by atoms with Gasteiger partial charge in [-0.15, -0.1) is 0 Å². The summed E-state index contributed by atoms with van der Waals surface area (Å²) in [7, 11) is 0. The van der Waals surface area contributed by atoms with Gasteiger partial charge in [0.1, 0.15) is 0 Å². The molecule has 0 bridgehead atoms. The van der Waals surface area contributed by atoms with Crippen molar-refractivity contribution in [3.8, 4) is 0 Å². The molecule has 1 atom stereocenters. The molecule has 6 nitrogen and oxygen atoms in total. The summed E-state index contributed by atoms with van der Waals surface area (Å²) in [5, 5.41) is 2.94. The van der Waals surface area contributed by atoms with Gasteiger partial charge in [-0.25, -0.2) is 4.79 Å². The van der Waals surface area contributed by atoms with E-state index in [2.05, 4.69) is 12.2 Å². The van der Waals surface area contributed by atoms with E-state index < -0.39 is 0 Å². The Morgan fingerprint density at radius 1 is 1.33 bits per heavy atom. The van der Waals surface area contributed by atoms with Crippen LogP contribution in [0.4, 0.5) is 16.2 Å². The molecule has 130 valence electrons. The summed E-state index contributed by atoms with van der Waals surface area (Å²) in [5.74, 6) is 0.156. The van der Waals surface area contributed by atoms with E-state index in [0.29, 0.717) is 26.1 Å². The number of carbonyl (C=O) groups excluding carboxylic acids is 2. The number of hydrogen-bond acceptors (Lipinski definition) is 3. The van der Waals surface area contributed by atoms with Crippen molar-refractivity contribution in [2.24, 2.45) is 0 Å². The van der Waals surface area contributed by atoms with Gasteiger partial charge in [0.15, 0.2) is 0 Å². The third-order valence-corrected chi connectivity index (χ3v) is 4.61. The molecule has 1 aromatic carbocycles. The minimum absolute atomic E-state index is 0.112. The highest BCUT2D eigenvalue weighted by atomic mass is 16.5. The van der Waals surface area contributed by atoms with Crippen LogP contribution in [0.1, 0.15) is 32.6 Å². The first-order chi connectivity index (χ1) is 11.7. The first-order valence-corrected chi connectivity index (χ1v) is 8.75. The van der Waals surface area contributed by atoms with Gasteiger partial charge in [-0.05, 0) is 37.5 Å². The molecule has 0 spiro atoms. The second kappa shape index (κ2) is 7.66. The summed E-state index contributed by atoms with van der Waals surface area (Å²) in [4.78, 5) is 28.1. The second-order valence-electron chi connectivity index (χ2n) is 6.33. The van der Waals surface area contributed by atoms with Crippen LogP contribution in [0.25, 0.3) is 0 Å². The standard InChI is InChI=1S/C18H25N3O3/c1-2-16-13-20(10-11-24-16)18(23)19-14-6-5-7-15(12-14)21-9-4-3-8-17(21)22/h5-7,12,16H,2-4,8-11,13H2,1H3,(H,19,23)/t16-/m0/s1. The number of hydrogen-bond donors (Lipinski definition) is 1. The molecule has 0 unspecified atom stereocenters. The van der Waals surface area contributed by atoms with Crippen molar-refractivity contribution in [2.75, 3.05) is 36.5 Å². The number of rotatable bonds is 3. The molecule has 2 fully saturated rings. The van der Waals surface area contributed by atoms with Crippen LogP contribution >= 0.6 is 0 Å². The fourth-order valence-electron chi connectivity index (χ4n) is 3.18. The topological polar surface area (TPSA) is 61.9 Å². The Labute approximate surface area is 142 Å². The predicted molar refractivity (Wildman–Crippen MR) is 93.3 cm³/mol. The summed E-state index contributed by atoms with van der Waals surface area (Å²) in [6.07, 6.45) is 3.59. The molecule has 0 radical (unpaired) electrons. The molecule has 0 aromatic heterocycles. The first-order valence-electron chi connectivity index (χ1n) is 8.75. The van der Waals surface area contributed by atoms with Crippen LogP contribution in [-0.2, 0) is 9.53 Å². The molecule has 0 saturated carbocycles. The second-order valence-corrected chi connectivity index (χ2v) is 6.33. The van der Waals surface area contributed by atoms with Gasteiger partial charge in [0.2, 0.25) is 5.91 Å². The number of carbonyl (C=O) groups is 2. The van der Waals surface area contributed by atoms with Crippen LogP contribution in [0.15, 0.2) is 24.3 Å². The van der Waals surface area contributed by atoms with Crippen LogP contribution in [0, 0.1) is 0 Å². The molecule has 1 N–H and O–H groups in total. The average Bonchev–Trinajstić information content (AvgIpc) is 2.62. The number of anilines is 2. The molecule has 1 aromatic rings. The number of ether oxygens (including phenoxy) is 1. The lowest BCUT2D eigenvalue weighted by atomic mass is 10.1. The van der Waals surface area contributed by atoms with Crippen molar-refractivity contribution >= 4 is 23.3 Å². The highest BCUT2D eigenvalue weighted by Gasteiger charge is 2.24. The van der Waals surface area contributed by atoms with Crippen LogP contribution in [0.2, 0.25) is 0 Å². The first kappa shape index (κ1) is 16.8. The van der Waals surface area contributed by atoms with Gasteiger partial charge < -0.3 is 19.9 Å². The van der Waals surface area contributed by atoms with Gasteiger partial charge >= 0.3 is 6.03 Å². The molecule has 2 saturated heterocycles. The van der Waals surface area contributed by atoms with Crippen molar-refractivity contribution < 1.29 is 14.3 Å². The largest absolute Gasteiger partial charge is 0.375 e. The molecule has 24 heavy (non-hydrogen) atoms. The van der Waals surface area contributed by atoms with E-state index in [4.69, 9.17) is 4.74 Å². The summed E-state index contributed by atoms with van der Waals surface area (Å²) >= 11 is 0. The molecule has 0 aliphatic carbocycles. The van der Waals surface area contributed by atoms with Gasteiger partial charge in [0, 0.05) is 37.4 Å². The van der Waals surface area contributed by atoms with Gasteiger partial charge in [0.05, 0.1) is 12.7 Å². The zero-order valence-corrected chi connectivity index (χ0v) is 14.2. The predicted octanol–water partition coefficient (Wildman–Crippen LogP) is 2.85. The number of amides is 3. The summed E-state index contributed by atoms with van der Waals surface area (Å²) in [5.41, 5.74) is 1.57. The van der Waals surface area contributed by atoms with E-state index in [1.165, 1.54) is 0 Å². The Morgan fingerprint density at radius 2 is 2.21 bits per heavy atom. The number of urea groups is 1. The van der Waals surface area contributed by atoms with Gasteiger partial charge in [0.25, 0.3) is 0 Å². The maximum absolute atomic E-state index is 12.5. The average molecular weight is 331 g/mol. The Kier molecular flexibility index (Phi) is 5.35. The third kappa shape index (κ3) is 3.87. The molecule has 3 amide bonds. The Morgan fingerprint density at radius 3 is 3.00 bits per heavy atom. The molecule has 2 heterocycles. The van der Waals surface area contributed by atoms with Crippen molar-refractivity contribution in [1.29, 1.82) is 0 Å². The summed E-state index contributed by atoms with van der Waals surface area (Å²) in [6, 6.07) is 7.41. The SMILES string of the molecule is CC[C@H]1CN(C(=O)Nc2cccc(N3CCCCC3=O)c2)CCO1. The van der Waals surface area contributed by atoms with Crippen molar-refractivity contribution in [2.45, 2.75) is 38.7 Å². The van der Waals surface area contributed by atoms with E-state index in [1.807, 2.05) is 24.3 Å². The minimum atomic E-state index is -0.112. The lowest BCUT2D eigenvalue weighted by Gasteiger charge is -2.32. The lowest BCUT2D eigenvalue weighted by Crippen LogP contribution is -2.47. The Bertz CT molecular complexity index is 605. The number of nitrogens with zero attached hydrogens (tertiary/aromatic N) is 2. The minimum Gasteiger partial charge on any atom is -0.375 e. The van der Waals surface area contributed by atoms with E-state index in [0.717, 1.165) is 37.2 Å². The number of piperidine rings is 1. The highest BCUT2D eigenvalue weighted by Crippen LogP contribution is 2.24. The summed E-state index contributed by atoms with van der Waals surface area (Å²) < 4.78 is 5.60. The Balaban J connectivity index is 1.65. The van der Waals surface area contributed by atoms with E-state index >= 15 is 0 Å². The molecular formula is C18H25N3O3. The van der Waals surface area contributed by atoms with Crippen LogP contribution < -0.4 is 10.2 Å². The van der Waals surface area contributed by atoms with E-state index in [1.54, 1.807) is 9.80 Å². The fraction of sp³-hybridized carbons (Fsp3) is 0.556. The van der Waals surface area contributed by atoms with Crippen LogP contribution in [0.5, 0.6) is 0 Å². The zero-order valence-electron chi connectivity index (χ0n) is 14.2. The highest BCUT2D eigenvalue weighted by molar-refractivity contribution is 5.95. The maximum atomic E-state index is 12.5. The van der Waals surface area contributed by atoms with Gasteiger partial charge in [-0.1, -0.05) is 13.0 Å². The molecule has 6 heteroatoms. The third-order valence-electron chi connectivity index (χ3n) is 4.61. The number of morpholine rings is 1. The van der Waals surface area contributed by atoms with Crippen molar-refractivity contribution in [3.63, 3.8) is 0 Å². The summed E-state index contributed by atoms with van der Waals surface area (Å²) in [6.45, 7) is 4.61. The Hall–Kier alpha value is -2.08. The van der Waals surface area contributed by atoms with Gasteiger partial charge in [-0.2, -0.15) is 0 Å². The van der Waals surface area contributed by atoms with Crippen LogP contribution in [-0.4, -0.2) is 49.2 Å². The van der Waals surface area contributed by atoms with E-state index in [9.17, 15) is 9.59 Å². The van der Waals surface area contributed by atoms with Crippen LogP contribution in [0.3, 0.4) is 0 Å². The monoisotopic (exact) mass is 331 g/mol. The smallest absolute Gasteiger partial charge is 0.322 e. The fourth-order valence-corrected chi connectivity index (χ4v) is 3.18. The number of benzene rings is 1. The molecule has 3 rings (SSSR count). The zero-order chi connectivity index (χ0) is 16.9. The van der Waals surface area contributed by atoms with Gasteiger partial charge in [-0.3, -0.25) is 4.79 Å². The quantitative estimate of drug-likeness (QED) is 0.926. The molecule has 2 aliphatic rings. The lowest BCUT2D eigenvalue weighted by molar-refractivity contribution is -0.119. The maximum Gasteiger partial charge on any atom is 0.322 e.